The van der Waals surface area contributed by atoms with Gasteiger partial charge in [0, 0.05) is 5.75 Å². The van der Waals surface area contributed by atoms with E-state index in [4.69, 9.17) is 0 Å². The molecule has 1 fully saturated rings. The maximum Gasteiger partial charge on any atom is 0.150 e. The summed E-state index contributed by atoms with van der Waals surface area (Å²) < 4.78 is 22.5. The van der Waals surface area contributed by atoms with Gasteiger partial charge in [0.15, 0.2) is 0 Å². The Morgan fingerprint density at radius 3 is 2.42 bits per heavy atom. The molecule has 0 aromatic heterocycles. The average molecular weight is 191 g/mol. The van der Waals surface area contributed by atoms with Crippen LogP contribution in [0.1, 0.15) is 19.8 Å². The van der Waals surface area contributed by atoms with E-state index in [0.29, 0.717) is 11.7 Å². The lowest BCUT2D eigenvalue weighted by molar-refractivity contribution is 0.401. The standard InChI is InChI=1S/C8H17NO2S/c1-2-12(10,11)7-8-3-5-9-6-4-8/h8-9H,2-7H2,1H3. The molecule has 4 heteroatoms. The second-order valence-corrected chi connectivity index (χ2v) is 5.79. The molecule has 0 amide bonds. The molecule has 72 valence electrons. The predicted molar refractivity (Wildman–Crippen MR) is 49.9 cm³/mol. The third-order valence-electron chi connectivity index (χ3n) is 2.39. The Hall–Kier alpha value is -0.0900. The van der Waals surface area contributed by atoms with Crippen LogP contribution in [0.5, 0.6) is 0 Å². The SMILES string of the molecule is CCS(=O)(=O)CC1CCNCC1. The van der Waals surface area contributed by atoms with E-state index in [1.807, 2.05) is 0 Å². The van der Waals surface area contributed by atoms with Crippen molar-refractivity contribution in [3.05, 3.63) is 0 Å². The summed E-state index contributed by atoms with van der Waals surface area (Å²) >= 11 is 0. The molecular formula is C8H17NO2S. The molecule has 0 aromatic carbocycles. The summed E-state index contributed by atoms with van der Waals surface area (Å²) in [6.45, 7) is 3.67. The monoisotopic (exact) mass is 191 g/mol. The van der Waals surface area contributed by atoms with Crippen LogP contribution in [0.2, 0.25) is 0 Å². The van der Waals surface area contributed by atoms with E-state index in [1.54, 1.807) is 6.92 Å². The maximum atomic E-state index is 11.2. The lowest BCUT2D eigenvalue weighted by atomic mass is 10.0. The highest BCUT2D eigenvalue weighted by Crippen LogP contribution is 2.14. The summed E-state index contributed by atoms with van der Waals surface area (Å²) in [4.78, 5) is 0. The van der Waals surface area contributed by atoms with Crippen molar-refractivity contribution in [2.45, 2.75) is 19.8 Å². The zero-order valence-electron chi connectivity index (χ0n) is 7.54. The Labute approximate surface area is 74.5 Å². The average Bonchev–Trinajstić information content (AvgIpc) is 2.06. The van der Waals surface area contributed by atoms with Gasteiger partial charge in [-0.2, -0.15) is 0 Å². The number of hydrogen-bond acceptors (Lipinski definition) is 3. The van der Waals surface area contributed by atoms with Crippen molar-refractivity contribution in [1.29, 1.82) is 0 Å². The number of piperidine rings is 1. The van der Waals surface area contributed by atoms with Crippen LogP contribution >= 0.6 is 0 Å². The highest BCUT2D eigenvalue weighted by Gasteiger charge is 2.19. The Morgan fingerprint density at radius 2 is 1.92 bits per heavy atom. The van der Waals surface area contributed by atoms with Gasteiger partial charge in [-0.3, -0.25) is 0 Å². The van der Waals surface area contributed by atoms with E-state index in [-0.39, 0.29) is 5.75 Å². The van der Waals surface area contributed by atoms with Crippen molar-refractivity contribution < 1.29 is 8.42 Å². The predicted octanol–water partition coefficient (Wildman–Crippen LogP) is 0.421. The Kier molecular flexibility index (Phi) is 3.53. The minimum atomic E-state index is -2.75. The second-order valence-electron chi connectivity index (χ2n) is 3.39. The Bertz CT molecular complexity index is 217. The second kappa shape index (κ2) is 4.23. The summed E-state index contributed by atoms with van der Waals surface area (Å²) in [6, 6.07) is 0. The Balaban J connectivity index is 2.39. The molecule has 0 aromatic rings. The van der Waals surface area contributed by atoms with Gasteiger partial charge in [0.25, 0.3) is 0 Å². The molecule has 0 aliphatic carbocycles. The maximum absolute atomic E-state index is 11.2. The van der Waals surface area contributed by atoms with Gasteiger partial charge < -0.3 is 5.32 Å². The van der Waals surface area contributed by atoms with Crippen LogP contribution < -0.4 is 5.32 Å². The normalized spacial score (nSPS) is 21.1. The molecule has 1 rings (SSSR count). The molecule has 1 N–H and O–H groups in total. The van der Waals surface area contributed by atoms with Gasteiger partial charge in [-0.15, -0.1) is 0 Å². The van der Waals surface area contributed by atoms with E-state index < -0.39 is 9.84 Å². The molecule has 0 bridgehead atoms. The molecule has 3 nitrogen and oxygen atoms in total. The molecule has 0 spiro atoms. The molecule has 1 saturated heterocycles. The summed E-state index contributed by atoms with van der Waals surface area (Å²) in [5.74, 6) is 1.08. The van der Waals surface area contributed by atoms with Crippen molar-refractivity contribution in [2.75, 3.05) is 24.6 Å². The van der Waals surface area contributed by atoms with Crippen LogP contribution in [-0.4, -0.2) is 33.0 Å². The lowest BCUT2D eigenvalue weighted by Crippen LogP contribution is -2.31. The van der Waals surface area contributed by atoms with Crippen LogP contribution in [-0.2, 0) is 9.84 Å². The van der Waals surface area contributed by atoms with Crippen LogP contribution in [0, 0.1) is 5.92 Å². The minimum absolute atomic E-state index is 0.289. The third kappa shape index (κ3) is 3.11. The van der Waals surface area contributed by atoms with Crippen LogP contribution in [0.3, 0.4) is 0 Å². The number of nitrogens with one attached hydrogen (secondary N) is 1. The summed E-state index contributed by atoms with van der Waals surface area (Å²) in [5.41, 5.74) is 0. The smallest absolute Gasteiger partial charge is 0.150 e. The van der Waals surface area contributed by atoms with Crippen molar-refractivity contribution in [2.24, 2.45) is 5.92 Å². The van der Waals surface area contributed by atoms with E-state index in [0.717, 1.165) is 25.9 Å². The first-order chi connectivity index (χ1) is 5.64. The minimum Gasteiger partial charge on any atom is -0.317 e. The van der Waals surface area contributed by atoms with Crippen molar-refractivity contribution >= 4 is 9.84 Å². The Morgan fingerprint density at radius 1 is 1.33 bits per heavy atom. The highest BCUT2D eigenvalue weighted by atomic mass is 32.2. The van der Waals surface area contributed by atoms with Crippen molar-refractivity contribution in [1.82, 2.24) is 5.32 Å². The topological polar surface area (TPSA) is 46.2 Å². The first kappa shape index (κ1) is 9.99. The zero-order valence-corrected chi connectivity index (χ0v) is 8.36. The number of sulfone groups is 1. The fourth-order valence-corrected chi connectivity index (χ4v) is 2.81. The van der Waals surface area contributed by atoms with E-state index >= 15 is 0 Å². The van der Waals surface area contributed by atoms with Gasteiger partial charge in [-0.1, -0.05) is 6.92 Å². The van der Waals surface area contributed by atoms with E-state index in [9.17, 15) is 8.42 Å². The van der Waals surface area contributed by atoms with Crippen LogP contribution in [0.15, 0.2) is 0 Å². The summed E-state index contributed by atoms with van der Waals surface area (Å²) in [7, 11) is -2.75. The molecule has 12 heavy (non-hydrogen) atoms. The van der Waals surface area contributed by atoms with Gasteiger partial charge in [0.1, 0.15) is 9.84 Å². The molecule has 0 saturated carbocycles. The number of rotatable bonds is 3. The molecular weight excluding hydrogens is 174 g/mol. The van der Waals surface area contributed by atoms with Gasteiger partial charge in [0.2, 0.25) is 0 Å². The quantitative estimate of drug-likeness (QED) is 0.703. The summed E-state index contributed by atoms with van der Waals surface area (Å²) in [5, 5.41) is 3.22. The third-order valence-corrected chi connectivity index (χ3v) is 4.25. The van der Waals surface area contributed by atoms with Gasteiger partial charge >= 0.3 is 0 Å². The zero-order chi connectivity index (χ0) is 9.03. The molecule has 1 heterocycles. The largest absolute Gasteiger partial charge is 0.317 e. The first-order valence-corrected chi connectivity index (χ1v) is 6.37. The van der Waals surface area contributed by atoms with Gasteiger partial charge in [-0.25, -0.2) is 8.42 Å². The van der Waals surface area contributed by atoms with Crippen molar-refractivity contribution in [3.63, 3.8) is 0 Å². The van der Waals surface area contributed by atoms with Gasteiger partial charge in [-0.05, 0) is 31.8 Å². The van der Waals surface area contributed by atoms with E-state index in [2.05, 4.69) is 5.32 Å². The lowest BCUT2D eigenvalue weighted by Gasteiger charge is -2.21. The van der Waals surface area contributed by atoms with E-state index in [1.165, 1.54) is 0 Å². The molecule has 0 atom stereocenters. The van der Waals surface area contributed by atoms with Crippen molar-refractivity contribution in [3.8, 4) is 0 Å². The van der Waals surface area contributed by atoms with Gasteiger partial charge in [0.05, 0.1) is 5.75 Å². The van der Waals surface area contributed by atoms with Crippen LogP contribution in [0.4, 0.5) is 0 Å². The molecule has 0 radical (unpaired) electrons. The van der Waals surface area contributed by atoms with Crippen LogP contribution in [0.25, 0.3) is 0 Å². The highest BCUT2D eigenvalue weighted by molar-refractivity contribution is 7.91. The molecule has 1 aliphatic heterocycles. The molecule has 0 unspecified atom stereocenters. The first-order valence-electron chi connectivity index (χ1n) is 4.55. The summed E-state index contributed by atoms with van der Waals surface area (Å²) in [6.07, 6.45) is 2.03. The molecule has 1 aliphatic rings. The number of hydrogen-bond donors (Lipinski definition) is 1. The fraction of sp³-hybridized carbons (Fsp3) is 1.00. The fourth-order valence-electron chi connectivity index (χ4n) is 1.53.